The molecule has 0 aromatic carbocycles. The summed E-state index contributed by atoms with van der Waals surface area (Å²) in [7, 11) is 1.97. The van der Waals surface area contributed by atoms with Crippen molar-refractivity contribution >= 4 is 15.9 Å². The number of nitrogens with zero attached hydrogens (tertiary/aromatic N) is 4. The van der Waals surface area contributed by atoms with E-state index in [9.17, 15) is 0 Å². The Morgan fingerprint density at radius 1 is 1.53 bits per heavy atom. The topological polar surface area (TPSA) is 47.7 Å². The van der Waals surface area contributed by atoms with E-state index in [2.05, 4.69) is 49.0 Å². The van der Waals surface area contributed by atoms with Crippen molar-refractivity contribution in [3.63, 3.8) is 0 Å². The summed E-state index contributed by atoms with van der Waals surface area (Å²) in [5.41, 5.74) is 2.30. The van der Waals surface area contributed by atoms with Gasteiger partial charge in [-0.15, -0.1) is 0 Å². The lowest BCUT2D eigenvalue weighted by Crippen LogP contribution is -2.37. The van der Waals surface area contributed by atoms with Crippen molar-refractivity contribution in [2.24, 2.45) is 7.05 Å². The molecule has 2 aromatic rings. The van der Waals surface area contributed by atoms with Crippen molar-refractivity contribution < 1.29 is 0 Å². The first-order valence-electron chi connectivity index (χ1n) is 6.56. The quantitative estimate of drug-likeness (QED) is 0.936. The first-order chi connectivity index (χ1) is 9.13. The molecule has 0 saturated heterocycles. The van der Waals surface area contributed by atoms with E-state index in [0.717, 1.165) is 36.1 Å². The molecule has 19 heavy (non-hydrogen) atoms. The summed E-state index contributed by atoms with van der Waals surface area (Å²) in [6, 6.07) is 0.503. The first kappa shape index (κ1) is 12.9. The Morgan fingerprint density at radius 2 is 2.37 bits per heavy atom. The van der Waals surface area contributed by atoms with Gasteiger partial charge in [0.2, 0.25) is 0 Å². The molecule has 0 saturated carbocycles. The summed E-state index contributed by atoms with van der Waals surface area (Å²) in [6.07, 6.45) is 6.18. The van der Waals surface area contributed by atoms with Gasteiger partial charge >= 0.3 is 0 Å². The Morgan fingerprint density at radius 3 is 3.11 bits per heavy atom. The molecule has 1 unspecified atom stereocenters. The summed E-state index contributed by atoms with van der Waals surface area (Å²) >= 11 is 3.53. The van der Waals surface area contributed by atoms with Crippen molar-refractivity contribution in [1.82, 2.24) is 24.6 Å². The zero-order valence-corrected chi connectivity index (χ0v) is 12.8. The van der Waals surface area contributed by atoms with Gasteiger partial charge < -0.3 is 9.88 Å². The van der Waals surface area contributed by atoms with Gasteiger partial charge in [0.15, 0.2) is 0 Å². The van der Waals surface area contributed by atoms with Crippen LogP contribution in [0.1, 0.15) is 23.6 Å². The first-order valence-corrected chi connectivity index (χ1v) is 7.35. The third kappa shape index (κ3) is 2.60. The number of hydrogen-bond donors (Lipinski definition) is 1. The molecule has 0 bridgehead atoms. The maximum absolute atomic E-state index is 4.54. The number of hydrogen-bond acceptors (Lipinski definition) is 3. The van der Waals surface area contributed by atoms with Crippen LogP contribution in [0, 0.1) is 6.92 Å². The molecule has 0 spiro atoms. The van der Waals surface area contributed by atoms with Gasteiger partial charge in [-0.2, -0.15) is 5.10 Å². The number of aryl methyl sites for hydroxylation is 3. The zero-order valence-electron chi connectivity index (χ0n) is 11.2. The lowest BCUT2D eigenvalue weighted by molar-refractivity contribution is 0.374. The fraction of sp³-hybridized carbons (Fsp3) is 0.538. The molecule has 3 heterocycles. The minimum absolute atomic E-state index is 0.503. The molecule has 5 nitrogen and oxygen atoms in total. The maximum Gasteiger partial charge on any atom is 0.109 e. The highest BCUT2D eigenvalue weighted by Crippen LogP contribution is 2.18. The third-order valence-electron chi connectivity index (χ3n) is 3.68. The number of fused-ring (bicyclic) bond motifs is 1. The van der Waals surface area contributed by atoms with Crippen LogP contribution in [0.4, 0.5) is 0 Å². The monoisotopic (exact) mass is 323 g/mol. The molecular weight excluding hydrogens is 306 g/mol. The fourth-order valence-electron chi connectivity index (χ4n) is 2.63. The van der Waals surface area contributed by atoms with Gasteiger partial charge in [-0.25, -0.2) is 4.98 Å². The van der Waals surface area contributed by atoms with Gasteiger partial charge in [0.25, 0.3) is 0 Å². The molecule has 6 heteroatoms. The summed E-state index contributed by atoms with van der Waals surface area (Å²) in [6.45, 7) is 3.90. The molecule has 3 rings (SSSR count). The summed E-state index contributed by atoms with van der Waals surface area (Å²) in [5.74, 6) is 1.22. The standard InChI is InChI=1S/C13H18BrN5/c1-9-7-19-8-10(3-4-13(19)17-9)15-6-12-11(14)5-16-18(12)2/h5,7,10,15H,3-4,6,8H2,1-2H3. The SMILES string of the molecule is Cc1cn2c(n1)CCC(NCc1c(Br)cnn1C)C2. The minimum atomic E-state index is 0.503. The van der Waals surface area contributed by atoms with E-state index in [1.165, 1.54) is 11.5 Å². The Hall–Kier alpha value is -1.14. The Labute approximate surface area is 121 Å². The van der Waals surface area contributed by atoms with Crippen molar-refractivity contribution in [1.29, 1.82) is 0 Å². The number of nitrogens with one attached hydrogen (secondary N) is 1. The number of aromatic nitrogens is 4. The minimum Gasteiger partial charge on any atom is -0.333 e. The predicted octanol–water partition coefficient (Wildman–Crippen LogP) is 1.79. The number of imidazole rings is 1. The molecule has 0 aliphatic carbocycles. The molecular formula is C13H18BrN5. The van der Waals surface area contributed by atoms with E-state index in [4.69, 9.17) is 0 Å². The van der Waals surface area contributed by atoms with E-state index in [1.807, 2.05) is 17.9 Å². The van der Waals surface area contributed by atoms with E-state index in [-0.39, 0.29) is 0 Å². The fourth-order valence-corrected chi connectivity index (χ4v) is 3.12. The molecule has 1 aliphatic heterocycles. The second-order valence-corrected chi connectivity index (χ2v) is 5.98. The molecule has 0 amide bonds. The lowest BCUT2D eigenvalue weighted by atomic mass is 10.1. The van der Waals surface area contributed by atoms with Gasteiger partial charge in [0.05, 0.1) is 22.1 Å². The van der Waals surface area contributed by atoms with Crippen molar-refractivity contribution in [3.05, 3.63) is 34.1 Å². The number of halogens is 1. The van der Waals surface area contributed by atoms with Gasteiger partial charge in [-0.3, -0.25) is 4.68 Å². The Balaban J connectivity index is 1.63. The van der Waals surface area contributed by atoms with Gasteiger partial charge in [-0.05, 0) is 29.3 Å². The van der Waals surface area contributed by atoms with Crippen LogP contribution >= 0.6 is 15.9 Å². The third-order valence-corrected chi connectivity index (χ3v) is 4.34. The highest BCUT2D eigenvalue weighted by Gasteiger charge is 2.19. The summed E-state index contributed by atoms with van der Waals surface area (Å²) < 4.78 is 5.25. The summed E-state index contributed by atoms with van der Waals surface area (Å²) in [5, 5.41) is 7.85. The molecule has 0 radical (unpaired) electrons. The average molecular weight is 324 g/mol. The lowest BCUT2D eigenvalue weighted by Gasteiger charge is -2.24. The highest BCUT2D eigenvalue weighted by molar-refractivity contribution is 9.10. The van der Waals surface area contributed by atoms with Gasteiger partial charge in [0, 0.05) is 38.8 Å². The van der Waals surface area contributed by atoms with Crippen LogP contribution in [0.25, 0.3) is 0 Å². The van der Waals surface area contributed by atoms with E-state index < -0.39 is 0 Å². The molecule has 2 aromatic heterocycles. The normalized spacial score (nSPS) is 18.6. The number of rotatable bonds is 3. The predicted molar refractivity (Wildman–Crippen MR) is 76.8 cm³/mol. The van der Waals surface area contributed by atoms with Crippen LogP contribution in [-0.2, 0) is 26.6 Å². The molecule has 1 N–H and O–H groups in total. The van der Waals surface area contributed by atoms with Crippen molar-refractivity contribution in [2.45, 2.75) is 38.9 Å². The van der Waals surface area contributed by atoms with Crippen LogP contribution in [0.2, 0.25) is 0 Å². The van der Waals surface area contributed by atoms with Crippen LogP contribution in [-0.4, -0.2) is 25.4 Å². The van der Waals surface area contributed by atoms with Crippen LogP contribution in [0.15, 0.2) is 16.9 Å². The van der Waals surface area contributed by atoms with E-state index in [1.54, 1.807) is 0 Å². The highest BCUT2D eigenvalue weighted by atomic mass is 79.9. The Bertz CT molecular complexity index is 566. The molecule has 102 valence electrons. The van der Waals surface area contributed by atoms with E-state index >= 15 is 0 Å². The second-order valence-electron chi connectivity index (χ2n) is 5.13. The summed E-state index contributed by atoms with van der Waals surface area (Å²) in [4.78, 5) is 4.54. The Kier molecular flexibility index (Phi) is 3.45. The molecule has 0 fully saturated rings. The van der Waals surface area contributed by atoms with Crippen LogP contribution < -0.4 is 5.32 Å². The maximum atomic E-state index is 4.54. The zero-order chi connectivity index (χ0) is 13.4. The van der Waals surface area contributed by atoms with Gasteiger partial charge in [-0.1, -0.05) is 0 Å². The van der Waals surface area contributed by atoms with Crippen LogP contribution in [0.3, 0.4) is 0 Å². The van der Waals surface area contributed by atoms with Crippen LogP contribution in [0.5, 0.6) is 0 Å². The average Bonchev–Trinajstić information content (AvgIpc) is 2.89. The largest absolute Gasteiger partial charge is 0.333 e. The van der Waals surface area contributed by atoms with Gasteiger partial charge in [0.1, 0.15) is 5.82 Å². The van der Waals surface area contributed by atoms with Crippen molar-refractivity contribution in [2.75, 3.05) is 0 Å². The molecule has 1 aliphatic rings. The van der Waals surface area contributed by atoms with E-state index in [0.29, 0.717) is 6.04 Å². The van der Waals surface area contributed by atoms with Crippen molar-refractivity contribution in [3.8, 4) is 0 Å². The smallest absolute Gasteiger partial charge is 0.109 e. The second kappa shape index (κ2) is 5.09. The molecule has 1 atom stereocenters.